The number of hydrogen-bond donors (Lipinski definition) is 4. The Morgan fingerprint density at radius 2 is 1.19 bits per heavy atom. The number of thiazole rings is 2. The van der Waals surface area contributed by atoms with E-state index in [0.717, 1.165) is 59.7 Å². The molecule has 0 aliphatic carbocycles. The van der Waals surface area contributed by atoms with Gasteiger partial charge in [-0.2, -0.15) is 0 Å². The van der Waals surface area contributed by atoms with Crippen LogP contribution in [-0.2, 0) is 17.6 Å². The number of aryl methyl sites for hydroxylation is 2. The van der Waals surface area contributed by atoms with Crippen LogP contribution < -0.4 is 21.7 Å². The molecule has 6 heterocycles. The number of carbonyl (C=O) groups is 1. The molecule has 5 N–H and O–H groups in total. The van der Waals surface area contributed by atoms with E-state index in [1.807, 2.05) is 83.4 Å². The lowest BCUT2D eigenvalue weighted by Crippen LogP contribution is -2.35. The Balaban J connectivity index is 0.000000211. The van der Waals surface area contributed by atoms with Gasteiger partial charge in [0.1, 0.15) is 28.9 Å². The van der Waals surface area contributed by atoms with Gasteiger partial charge in [0, 0.05) is 88.3 Å². The number of nitrogens with two attached hydrogens (primary N) is 1. The van der Waals surface area contributed by atoms with Gasteiger partial charge < -0.3 is 26.4 Å². The Hall–Kier alpha value is -5.45. The molecular weight excluding hydrogens is 709 g/mol. The molecule has 53 heavy (non-hydrogen) atoms. The molecule has 0 fully saturated rings. The minimum atomic E-state index is -0.511. The first kappa shape index (κ1) is 38.8. The molecule has 276 valence electrons. The van der Waals surface area contributed by atoms with Crippen LogP contribution in [0.4, 0.5) is 16.4 Å². The second-order valence-corrected chi connectivity index (χ2v) is 14.9. The molecule has 0 aromatic carbocycles. The van der Waals surface area contributed by atoms with Crippen molar-refractivity contribution >= 4 is 40.4 Å². The maximum absolute atomic E-state index is 11.7. The maximum atomic E-state index is 11.7. The highest BCUT2D eigenvalue weighted by molar-refractivity contribution is 7.15. The third-order valence-electron chi connectivity index (χ3n) is 7.03. The zero-order valence-corrected chi connectivity index (χ0v) is 32.1. The van der Waals surface area contributed by atoms with Gasteiger partial charge in [0.2, 0.25) is 0 Å². The molecule has 16 heteroatoms. The Morgan fingerprint density at radius 3 is 1.64 bits per heavy atom. The molecule has 0 bridgehead atoms. The number of anilines is 2. The van der Waals surface area contributed by atoms with Crippen LogP contribution in [0.25, 0.3) is 20.9 Å². The summed E-state index contributed by atoms with van der Waals surface area (Å²) in [6.45, 7) is 11.5. The molecule has 6 aromatic rings. The van der Waals surface area contributed by atoms with Crippen LogP contribution in [0.5, 0.6) is 0 Å². The fraction of sp³-hybridized carbons (Fsp3) is 0.324. The summed E-state index contributed by atoms with van der Waals surface area (Å²) in [4.78, 5) is 48.8. The van der Waals surface area contributed by atoms with Crippen molar-refractivity contribution in [3.63, 3.8) is 0 Å². The third-order valence-corrected chi connectivity index (χ3v) is 9.13. The maximum Gasteiger partial charge on any atom is 0.407 e. The highest BCUT2D eigenvalue weighted by Crippen LogP contribution is 2.28. The third kappa shape index (κ3) is 12.9. The Morgan fingerprint density at radius 1 is 0.717 bits per heavy atom. The van der Waals surface area contributed by atoms with Gasteiger partial charge in [-0.05, 0) is 70.0 Å². The van der Waals surface area contributed by atoms with Crippen LogP contribution in [0.3, 0.4) is 0 Å². The number of aromatic nitrogens is 8. The molecule has 1 amide bonds. The van der Waals surface area contributed by atoms with E-state index >= 15 is 0 Å². The summed E-state index contributed by atoms with van der Waals surface area (Å²) in [5, 5.41) is 11.1. The van der Waals surface area contributed by atoms with Crippen molar-refractivity contribution in [2.24, 2.45) is 5.73 Å². The van der Waals surface area contributed by atoms with E-state index in [0.29, 0.717) is 44.8 Å². The zero-order chi connectivity index (χ0) is 37.6. The number of alkyl carbamates (subject to hydrolysis) is 1. The summed E-state index contributed by atoms with van der Waals surface area (Å²) in [7, 11) is 0. The first-order valence-electron chi connectivity index (χ1n) is 17.1. The highest BCUT2D eigenvalue weighted by Gasteiger charge is 2.15. The van der Waals surface area contributed by atoms with Crippen molar-refractivity contribution in [2.45, 2.75) is 53.1 Å². The molecule has 0 atom stereocenters. The second kappa shape index (κ2) is 18.9. The summed E-state index contributed by atoms with van der Waals surface area (Å²) in [5.74, 6) is 2.95. The normalized spacial score (nSPS) is 11.0. The Kier molecular flexibility index (Phi) is 13.8. The molecule has 0 aliphatic rings. The smallest absolute Gasteiger partial charge is 0.407 e. The monoisotopic (exact) mass is 752 g/mol. The molecule has 0 aliphatic heterocycles. The predicted molar refractivity (Wildman–Crippen MR) is 210 cm³/mol. The summed E-state index contributed by atoms with van der Waals surface area (Å²) < 4.78 is 5.22. The lowest BCUT2D eigenvalue weighted by Gasteiger charge is -2.19. The van der Waals surface area contributed by atoms with Crippen molar-refractivity contribution in [3.8, 4) is 20.9 Å². The first-order valence-corrected chi connectivity index (χ1v) is 18.7. The highest BCUT2D eigenvalue weighted by atomic mass is 32.1. The van der Waals surface area contributed by atoms with Crippen molar-refractivity contribution in [2.75, 3.05) is 36.8 Å². The van der Waals surface area contributed by atoms with Gasteiger partial charge in [-0.1, -0.05) is 0 Å². The summed E-state index contributed by atoms with van der Waals surface area (Å²) in [5.41, 5.74) is 9.08. The van der Waals surface area contributed by atoms with E-state index in [4.69, 9.17) is 10.5 Å². The van der Waals surface area contributed by atoms with Crippen LogP contribution in [0.2, 0.25) is 0 Å². The number of rotatable bonds is 13. The first-order chi connectivity index (χ1) is 25.5. The number of pyridine rings is 2. The van der Waals surface area contributed by atoms with E-state index < -0.39 is 11.7 Å². The number of nitrogens with zero attached hydrogens (tertiary/aromatic N) is 8. The van der Waals surface area contributed by atoms with Crippen molar-refractivity contribution < 1.29 is 9.53 Å². The van der Waals surface area contributed by atoms with Crippen LogP contribution in [0.15, 0.2) is 73.6 Å². The van der Waals surface area contributed by atoms with Crippen molar-refractivity contribution in [1.29, 1.82) is 0 Å². The number of amides is 1. The fourth-order valence-corrected chi connectivity index (χ4v) is 6.76. The lowest BCUT2D eigenvalue weighted by atomic mass is 10.2. The standard InChI is InChI=1S/C21H26N6O2S.C16H18N6S/c1-14-26-16(12-19-25-13-17(30-19)15-5-7-22-8-6-15)11-18(27-14)23-9-10-24-20(28)29-21(2,3)4;1-11-21-13(8-15(22-11)19-7-4-17)9-16-20-10-14(23-16)12-2-5-18-6-3-12/h5-8,11,13H,9-10,12H2,1-4H3,(H,24,28)(H,23,26,27);2-3,5-6,8,10H,4,7,9,17H2,1H3,(H,19,21,22). The Labute approximate surface area is 317 Å². The molecule has 14 nitrogen and oxygen atoms in total. The second-order valence-electron chi connectivity index (χ2n) is 12.7. The van der Waals surface area contributed by atoms with Crippen LogP contribution >= 0.6 is 22.7 Å². The quantitative estimate of drug-likeness (QED) is 0.0992. The van der Waals surface area contributed by atoms with Gasteiger partial charge in [-0.25, -0.2) is 34.7 Å². The van der Waals surface area contributed by atoms with Crippen molar-refractivity contribution in [3.05, 3.63) is 107 Å². The van der Waals surface area contributed by atoms with Crippen LogP contribution in [0.1, 0.15) is 53.8 Å². The number of nitrogens with one attached hydrogen (secondary N) is 3. The zero-order valence-electron chi connectivity index (χ0n) is 30.5. The molecule has 0 spiro atoms. The molecule has 0 saturated carbocycles. The predicted octanol–water partition coefficient (Wildman–Crippen LogP) is 6.10. The van der Waals surface area contributed by atoms with Gasteiger partial charge in [0.05, 0.1) is 31.2 Å². The average molecular weight is 753 g/mol. The van der Waals surface area contributed by atoms with Gasteiger partial charge in [-0.3, -0.25) is 9.97 Å². The van der Waals surface area contributed by atoms with Crippen molar-refractivity contribution in [1.82, 2.24) is 45.2 Å². The molecule has 0 radical (unpaired) electrons. The summed E-state index contributed by atoms with van der Waals surface area (Å²) in [6, 6.07) is 11.8. The van der Waals surface area contributed by atoms with Gasteiger partial charge in [-0.15, -0.1) is 22.7 Å². The van der Waals surface area contributed by atoms with Crippen LogP contribution in [-0.4, -0.2) is 77.7 Å². The topological polar surface area (TPSA) is 192 Å². The van der Waals surface area contributed by atoms with Gasteiger partial charge in [0.25, 0.3) is 0 Å². The Bertz CT molecular complexity index is 2050. The summed E-state index contributed by atoms with van der Waals surface area (Å²) in [6.07, 6.45) is 11.8. The van der Waals surface area contributed by atoms with E-state index in [9.17, 15) is 4.79 Å². The minimum absolute atomic E-state index is 0.426. The van der Waals surface area contributed by atoms with E-state index in [1.165, 1.54) is 0 Å². The molecular formula is C37H44N12O2S2. The molecule has 6 aromatic heterocycles. The van der Waals surface area contributed by atoms with Gasteiger partial charge in [0.15, 0.2) is 0 Å². The largest absolute Gasteiger partial charge is 0.444 e. The number of ether oxygens (including phenoxy) is 1. The SMILES string of the molecule is Cc1nc(Cc2ncc(-c3ccncc3)s2)cc(NCCN)n1.Cc1nc(Cc2ncc(-c3ccncc3)s2)cc(NCCNC(=O)OC(C)(C)C)n1. The summed E-state index contributed by atoms with van der Waals surface area (Å²) >= 11 is 3.31. The van der Waals surface area contributed by atoms with E-state index in [2.05, 4.69) is 55.8 Å². The fourth-order valence-electron chi connectivity index (χ4n) is 4.88. The molecule has 6 rings (SSSR count). The minimum Gasteiger partial charge on any atom is -0.444 e. The van der Waals surface area contributed by atoms with E-state index in [-0.39, 0.29) is 0 Å². The van der Waals surface area contributed by atoms with Gasteiger partial charge >= 0.3 is 6.09 Å². The number of carbonyl (C=O) groups excluding carboxylic acids is 1. The molecule has 0 unspecified atom stereocenters. The lowest BCUT2D eigenvalue weighted by molar-refractivity contribution is 0.0530. The van der Waals surface area contributed by atoms with E-state index in [1.54, 1.807) is 47.5 Å². The number of hydrogen-bond acceptors (Lipinski definition) is 15. The average Bonchev–Trinajstić information content (AvgIpc) is 3.79. The van der Waals surface area contributed by atoms with Crippen LogP contribution in [0, 0.1) is 13.8 Å². The molecule has 0 saturated heterocycles.